The summed E-state index contributed by atoms with van der Waals surface area (Å²) in [5.41, 5.74) is 2.02. The first-order valence-electron chi connectivity index (χ1n) is 13.2. The molecule has 5 rings (SSSR count). The zero-order chi connectivity index (χ0) is 27.8. The van der Waals surface area contributed by atoms with Crippen molar-refractivity contribution in [2.24, 2.45) is 5.41 Å². The largest absolute Gasteiger partial charge is 0.466 e. The van der Waals surface area contributed by atoms with Gasteiger partial charge in [0.2, 0.25) is 5.95 Å². The molecule has 10 heteroatoms. The predicted molar refractivity (Wildman–Crippen MR) is 155 cm³/mol. The van der Waals surface area contributed by atoms with Gasteiger partial charge in [0.1, 0.15) is 11.6 Å². The molecule has 2 aromatic carbocycles. The molecule has 1 saturated heterocycles. The van der Waals surface area contributed by atoms with Crippen LogP contribution in [-0.2, 0) is 16.0 Å². The molecule has 206 valence electrons. The average molecular weight is 559 g/mol. The predicted octanol–water partition coefficient (Wildman–Crippen LogP) is 6.39. The number of carbonyl (C=O) groups excluding carboxylic acids is 1. The second kappa shape index (κ2) is 12.9. The monoisotopic (exact) mass is 558 g/mol. The molecule has 0 spiro atoms. The Morgan fingerprint density at radius 2 is 1.82 bits per heavy atom. The van der Waals surface area contributed by atoms with Crippen molar-refractivity contribution in [1.82, 2.24) is 19.3 Å². The van der Waals surface area contributed by atoms with E-state index in [2.05, 4.69) is 29.9 Å². The zero-order valence-electron chi connectivity index (χ0n) is 22.2. The Hall–Kier alpha value is -4.02. The van der Waals surface area contributed by atoms with E-state index >= 15 is 0 Å². The molecule has 1 atom stereocenters. The van der Waals surface area contributed by atoms with Crippen molar-refractivity contribution in [2.75, 3.05) is 30.3 Å². The lowest BCUT2D eigenvalue weighted by Crippen LogP contribution is -2.47. The third-order valence-electron chi connectivity index (χ3n) is 6.63. The lowest BCUT2D eigenvalue weighted by atomic mass is 9.76. The average Bonchev–Trinajstić information content (AvgIpc) is 2.96. The van der Waals surface area contributed by atoms with Crippen molar-refractivity contribution in [3.8, 4) is 0 Å². The van der Waals surface area contributed by atoms with Crippen LogP contribution in [0.4, 0.5) is 27.5 Å². The van der Waals surface area contributed by atoms with Gasteiger partial charge in [0, 0.05) is 48.0 Å². The minimum atomic E-state index is -0.601. The summed E-state index contributed by atoms with van der Waals surface area (Å²) in [5, 5.41) is 6.37. The van der Waals surface area contributed by atoms with Gasteiger partial charge in [-0.3, -0.25) is 9.78 Å². The Morgan fingerprint density at radius 1 is 1.05 bits per heavy atom. The number of carbonyl (C=O) groups is 1. The Labute approximate surface area is 237 Å². The van der Waals surface area contributed by atoms with E-state index in [4.69, 9.17) is 4.74 Å². The number of anilines is 4. The summed E-state index contributed by atoms with van der Waals surface area (Å²) in [4.78, 5) is 27.3. The van der Waals surface area contributed by atoms with Crippen molar-refractivity contribution in [1.29, 1.82) is 0 Å². The topological polar surface area (TPSA) is 92.3 Å². The molecule has 2 N–H and O–H groups in total. The highest BCUT2D eigenvalue weighted by Gasteiger charge is 2.44. The number of aromatic nitrogens is 3. The summed E-state index contributed by atoms with van der Waals surface area (Å²) < 4.78 is 21.0. The van der Waals surface area contributed by atoms with Crippen LogP contribution < -0.4 is 10.6 Å². The van der Waals surface area contributed by atoms with E-state index in [1.807, 2.05) is 49.5 Å². The quantitative estimate of drug-likeness (QED) is 0.170. The highest BCUT2D eigenvalue weighted by Crippen LogP contribution is 2.39. The molecule has 0 aliphatic carbocycles. The van der Waals surface area contributed by atoms with E-state index in [0.29, 0.717) is 31.3 Å². The normalized spacial score (nSPS) is 17.2. The first-order chi connectivity index (χ1) is 19.5. The van der Waals surface area contributed by atoms with Crippen LogP contribution in [0.15, 0.2) is 90.2 Å². The number of nitrogens with one attached hydrogen (secondary N) is 2. The van der Waals surface area contributed by atoms with Gasteiger partial charge in [0.05, 0.1) is 12.0 Å². The number of hydrogen-bond acceptors (Lipinski definition) is 9. The van der Waals surface area contributed by atoms with E-state index in [-0.39, 0.29) is 11.8 Å². The molecule has 0 amide bonds. The number of esters is 1. The highest BCUT2D eigenvalue weighted by atomic mass is 32.2. The third-order valence-corrected chi connectivity index (χ3v) is 7.69. The number of nitrogens with zero attached hydrogens (tertiary/aromatic N) is 4. The van der Waals surface area contributed by atoms with E-state index in [1.54, 1.807) is 42.5 Å². The Bertz CT molecular complexity index is 1410. The molecule has 8 nitrogen and oxygen atoms in total. The fourth-order valence-electron chi connectivity index (χ4n) is 4.78. The van der Waals surface area contributed by atoms with Crippen LogP contribution in [0.2, 0.25) is 0 Å². The summed E-state index contributed by atoms with van der Waals surface area (Å²) in [5.74, 6) is 0.608. The molecule has 3 heterocycles. The van der Waals surface area contributed by atoms with E-state index in [9.17, 15) is 9.18 Å². The molecule has 1 aliphatic rings. The van der Waals surface area contributed by atoms with Gasteiger partial charge >= 0.3 is 5.97 Å². The smallest absolute Gasteiger partial charge is 0.313 e. The maximum absolute atomic E-state index is 13.2. The minimum Gasteiger partial charge on any atom is -0.466 e. The van der Waals surface area contributed by atoms with Gasteiger partial charge in [-0.2, -0.15) is 4.98 Å². The minimum absolute atomic E-state index is 0.139. The van der Waals surface area contributed by atoms with E-state index < -0.39 is 5.41 Å². The van der Waals surface area contributed by atoms with E-state index in [0.717, 1.165) is 41.2 Å². The van der Waals surface area contributed by atoms with Gasteiger partial charge in [0.25, 0.3) is 0 Å². The number of pyridine rings is 1. The van der Waals surface area contributed by atoms with Crippen molar-refractivity contribution in [3.05, 3.63) is 96.7 Å². The maximum atomic E-state index is 13.2. The number of hydrogen-bond donors (Lipinski definition) is 2. The Balaban J connectivity index is 1.22. The molecular formula is C30H31FN6O2S. The first-order valence-corrected chi connectivity index (χ1v) is 14.0. The molecule has 4 aromatic rings. The van der Waals surface area contributed by atoms with Gasteiger partial charge in [-0.25, -0.2) is 13.7 Å². The molecule has 0 radical (unpaired) electrons. The fraction of sp³-hybridized carbons (Fsp3) is 0.267. The summed E-state index contributed by atoms with van der Waals surface area (Å²) in [6.07, 6.45) is 7.53. The lowest BCUT2D eigenvalue weighted by molar-refractivity contribution is -0.157. The van der Waals surface area contributed by atoms with Gasteiger partial charge in [0.15, 0.2) is 0 Å². The molecule has 1 fully saturated rings. The van der Waals surface area contributed by atoms with Crippen LogP contribution in [0.5, 0.6) is 0 Å². The Morgan fingerprint density at radius 3 is 2.58 bits per heavy atom. The SMILES string of the molecule is CCOC(=O)C1(Cc2cccnc2)CCCN(Sc2ccc(Nc3nccc(Nc4ccc(F)cc4)n3)cc2)C1. The van der Waals surface area contributed by atoms with Crippen LogP contribution in [0.1, 0.15) is 25.3 Å². The summed E-state index contributed by atoms with van der Waals surface area (Å²) in [6, 6.07) is 19.8. The summed E-state index contributed by atoms with van der Waals surface area (Å²) in [7, 11) is 0. The second-order valence-corrected chi connectivity index (χ2v) is 10.8. The maximum Gasteiger partial charge on any atom is 0.313 e. The van der Waals surface area contributed by atoms with Gasteiger partial charge in [-0.1, -0.05) is 6.07 Å². The molecule has 40 heavy (non-hydrogen) atoms. The number of halogens is 1. The standard InChI is InChI=1S/C30H31FN6O2S/c1-2-39-28(38)30(19-22-5-3-16-32-20-22)15-4-18-37(21-30)40-26-12-10-25(11-13-26)35-29-33-17-14-27(36-29)34-24-8-6-23(31)7-9-24/h3,5-14,16-17,20H,2,4,15,18-19,21H2,1H3,(H2,33,34,35,36). The van der Waals surface area contributed by atoms with Crippen LogP contribution in [-0.4, -0.2) is 44.9 Å². The summed E-state index contributed by atoms with van der Waals surface area (Å²) >= 11 is 1.65. The third kappa shape index (κ3) is 7.13. The number of ether oxygens (including phenoxy) is 1. The zero-order valence-corrected chi connectivity index (χ0v) is 23.0. The van der Waals surface area contributed by atoms with Crippen molar-refractivity contribution < 1.29 is 13.9 Å². The van der Waals surface area contributed by atoms with Crippen molar-refractivity contribution in [2.45, 2.75) is 31.1 Å². The van der Waals surface area contributed by atoms with Crippen LogP contribution in [0.3, 0.4) is 0 Å². The number of piperidine rings is 1. The van der Waals surface area contributed by atoms with Gasteiger partial charge in [-0.15, -0.1) is 0 Å². The second-order valence-electron chi connectivity index (χ2n) is 9.64. The van der Waals surface area contributed by atoms with Gasteiger partial charge < -0.3 is 15.4 Å². The molecule has 0 bridgehead atoms. The summed E-state index contributed by atoms with van der Waals surface area (Å²) in [6.45, 7) is 3.71. The molecule has 2 aromatic heterocycles. The van der Waals surface area contributed by atoms with Gasteiger partial charge in [-0.05, 0) is 104 Å². The van der Waals surface area contributed by atoms with Crippen LogP contribution in [0.25, 0.3) is 0 Å². The fourth-order valence-corrected chi connectivity index (χ4v) is 5.86. The molecular weight excluding hydrogens is 527 g/mol. The van der Waals surface area contributed by atoms with Crippen molar-refractivity contribution in [3.63, 3.8) is 0 Å². The van der Waals surface area contributed by atoms with Crippen molar-refractivity contribution >= 4 is 41.1 Å². The first kappa shape index (κ1) is 27.5. The van der Waals surface area contributed by atoms with Crippen LogP contribution in [0, 0.1) is 11.2 Å². The van der Waals surface area contributed by atoms with E-state index in [1.165, 1.54) is 12.1 Å². The lowest BCUT2D eigenvalue weighted by Gasteiger charge is -2.40. The molecule has 1 unspecified atom stereocenters. The molecule has 1 aliphatic heterocycles. The van der Waals surface area contributed by atoms with Crippen LogP contribution >= 0.6 is 11.9 Å². The number of benzene rings is 2. The number of rotatable bonds is 10. The highest BCUT2D eigenvalue weighted by molar-refractivity contribution is 7.97. The Kier molecular flexibility index (Phi) is 8.87. The molecule has 0 saturated carbocycles.